The fourth-order valence-electron chi connectivity index (χ4n) is 3.31. The van der Waals surface area contributed by atoms with Crippen LogP contribution >= 0.6 is 0 Å². The lowest BCUT2D eigenvalue weighted by atomic mass is 9.75. The molecule has 23 heavy (non-hydrogen) atoms. The van der Waals surface area contributed by atoms with E-state index in [4.69, 9.17) is 9.47 Å². The number of cyclic esters (lactones) is 1. The van der Waals surface area contributed by atoms with Gasteiger partial charge in [-0.1, -0.05) is 24.3 Å². The molecule has 0 aromatic heterocycles. The minimum atomic E-state index is -0.597. The molecule has 0 bridgehead atoms. The summed E-state index contributed by atoms with van der Waals surface area (Å²) < 4.78 is 10.4. The van der Waals surface area contributed by atoms with Crippen molar-refractivity contribution in [1.29, 1.82) is 0 Å². The number of aliphatic imine (C=N–C) groups is 1. The third kappa shape index (κ3) is 2.56. The minimum Gasteiger partial charge on any atom is -0.465 e. The van der Waals surface area contributed by atoms with Gasteiger partial charge in [0.2, 0.25) is 0 Å². The number of hydrogen-bond acceptors (Lipinski definition) is 5. The number of aryl methyl sites for hydroxylation is 1. The van der Waals surface area contributed by atoms with Gasteiger partial charge in [-0.05, 0) is 31.9 Å². The van der Waals surface area contributed by atoms with Gasteiger partial charge in [0.15, 0.2) is 0 Å². The Balaban J connectivity index is 2.16. The van der Waals surface area contributed by atoms with E-state index in [1.165, 1.54) is 0 Å². The van der Waals surface area contributed by atoms with Crippen LogP contribution in [0.2, 0.25) is 0 Å². The van der Waals surface area contributed by atoms with Gasteiger partial charge in [0, 0.05) is 11.6 Å². The average Bonchev–Trinajstić information content (AvgIpc) is 2.87. The zero-order chi connectivity index (χ0) is 16.6. The molecule has 2 atom stereocenters. The number of carbonyl (C=O) groups excluding carboxylic acids is 2. The Morgan fingerprint density at radius 2 is 2.09 bits per heavy atom. The van der Waals surface area contributed by atoms with Crippen molar-refractivity contribution in [2.24, 2.45) is 10.9 Å². The lowest BCUT2D eigenvalue weighted by Crippen LogP contribution is -2.35. The lowest BCUT2D eigenvalue weighted by Gasteiger charge is -2.30. The van der Waals surface area contributed by atoms with Gasteiger partial charge in [0.25, 0.3) is 0 Å². The van der Waals surface area contributed by atoms with E-state index in [-0.39, 0.29) is 18.5 Å². The first-order chi connectivity index (χ1) is 11.0. The van der Waals surface area contributed by atoms with Gasteiger partial charge >= 0.3 is 11.9 Å². The van der Waals surface area contributed by atoms with E-state index >= 15 is 0 Å². The summed E-state index contributed by atoms with van der Waals surface area (Å²) in [6.07, 6.45) is 0. The van der Waals surface area contributed by atoms with E-state index in [0.29, 0.717) is 23.6 Å². The first kappa shape index (κ1) is 15.5. The molecule has 0 saturated carbocycles. The molecule has 120 valence electrons. The Hall–Kier alpha value is -2.43. The molecule has 2 aliphatic rings. The fraction of sp³-hybridized carbons (Fsp3) is 0.389. The Morgan fingerprint density at radius 3 is 2.78 bits per heavy atom. The smallest absolute Gasteiger partial charge is 0.337 e. The maximum atomic E-state index is 12.5. The van der Waals surface area contributed by atoms with Crippen molar-refractivity contribution in [1.82, 2.24) is 0 Å². The minimum absolute atomic E-state index is 0.170. The average molecular weight is 313 g/mol. The van der Waals surface area contributed by atoms with Gasteiger partial charge < -0.3 is 9.47 Å². The van der Waals surface area contributed by atoms with Crippen LogP contribution in [0.3, 0.4) is 0 Å². The first-order valence-electron chi connectivity index (χ1n) is 7.72. The standard InChI is InChI=1S/C18H19NO4/c1-4-22-17(20)14-11(3)19-13-9-23-18(21)16(13)15(14)12-8-6-5-7-10(12)2/h5-8,14-15H,4,9H2,1-3H3. The number of benzene rings is 1. The normalized spacial score (nSPS) is 23.3. The summed E-state index contributed by atoms with van der Waals surface area (Å²) in [4.78, 5) is 29.2. The topological polar surface area (TPSA) is 65.0 Å². The highest BCUT2D eigenvalue weighted by atomic mass is 16.5. The third-order valence-corrected chi connectivity index (χ3v) is 4.34. The van der Waals surface area contributed by atoms with E-state index in [9.17, 15) is 9.59 Å². The van der Waals surface area contributed by atoms with Crippen LogP contribution in [0.15, 0.2) is 40.5 Å². The van der Waals surface area contributed by atoms with Crippen molar-refractivity contribution >= 4 is 17.7 Å². The molecule has 5 heteroatoms. The number of ether oxygens (including phenoxy) is 2. The molecule has 1 aromatic rings. The van der Waals surface area contributed by atoms with Crippen molar-refractivity contribution < 1.29 is 19.1 Å². The van der Waals surface area contributed by atoms with Crippen LogP contribution in [0.5, 0.6) is 0 Å². The van der Waals surface area contributed by atoms with Crippen molar-refractivity contribution in [3.8, 4) is 0 Å². The second-order valence-electron chi connectivity index (χ2n) is 5.75. The van der Waals surface area contributed by atoms with Crippen molar-refractivity contribution in [2.45, 2.75) is 26.7 Å². The van der Waals surface area contributed by atoms with Crippen LogP contribution in [0.25, 0.3) is 0 Å². The van der Waals surface area contributed by atoms with Gasteiger partial charge in [0.05, 0.1) is 17.9 Å². The number of hydrogen-bond donors (Lipinski definition) is 0. The summed E-state index contributed by atoms with van der Waals surface area (Å²) in [5.41, 5.74) is 3.73. The molecule has 0 amide bonds. The summed E-state index contributed by atoms with van der Waals surface area (Å²) in [5, 5.41) is 0. The van der Waals surface area contributed by atoms with Crippen LogP contribution in [0, 0.1) is 12.8 Å². The predicted molar refractivity (Wildman–Crippen MR) is 85.1 cm³/mol. The molecule has 2 aliphatic heterocycles. The molecule has 3 rings (SSSR count). The number of rotatable bonds is 3. The molecule has 0 aliphatic carbocycles. The fourth-order valence-corrected chi connectivity index (χ4v) is 3.31. The van der Waals surface area contributed by atoms with Crippen LogP contribution < -0.4 is 0 Å². The lowest BCUT2D eigenvalue weighted by molar-refractivity contribution is -0.146. The third-order valence-electron chi connectivity index (χ3n) is 4.34. The Morgan fingerprint density at radius 1 is 1.35 bits per heavy atom. The van der Waals surface area contributed by atoms with Crippen molar-refractivity contribution in [3.63, 3.8) is 0 Å². The monoisotopic (exact) mass is 313 g/mol. The first-order valence-corrected chi connectivity index (χ1v) is 7.72. The molecule has 2 unspecified atom stereocenters. The molecule has 0 radical (unpaired) electrons. The van der Waals surface area contributed by atoms with E-state index in [0.717, 1.165) is 11.1 Å². The highest BCUT2D eigenvalue weighted by Crippen LogP contribution is 2.43. The largest absolute Gasteiger partial charge is 0.465 e. The molecule has 0 spiro atoms. The maximum Gasteiger partial charge on any atom is 0.337 e. The van der Waals surface area contributed by atoms with Gasteiger partial charge in [-0.15, -0.1) is 0 Å². The van der Waals surface area contributed by atoms with Crippen LogP contribution in [-0.4, -0.2) is 30.9 Å². The van der Waals surface area contributed by atoms with E-state index < -0.39 is 11.8 Å². The zero-order valence-corrected chi connectivity index (χ0v) is 13.5. The molecule has 0 saturated heterocycles. The maximum absolute atomic E-state index is 12.5. The number of esters is 2. The SMILES string of the molecule is CCOC(=O)C1C(C)=NC2=C(C(=O)OC2)C1c1ccccc1C. The van der Waals surface area contributed by atoms with E-state index in [1.54, 1.807) is 13.8 Å². The van der Waals surface area contributed by atoms with Crippen molar-refractivity contribution in [2.75, 3.05) is 13.2 Å². The zero-order valence-electron chi connectivity index (χ0n) is 13.5. The molecule has 2 heterocycles. The van der Waals surface area contributed by atoms with Gasteiger partial charge in [-0.3, -0.25) is 9.79 Å². The molecule has 1 aromatic carbocycles. The van der Waals surface area contributed by atoms with Gasteiger partial charge in [-0.2, -0.15) is 0 Å². The molecular formula is C18H19NO4. The summed E-state index contributed by atoms with van der Waals surface area (Å²) in [6.45, 7) is 6.01. The second kappa shape index (κ2) is 5.99. The molecule has 0 fully saturated rings. The Labute approximate surface area is 135 Å². The molecule has 0 N–H and O–H groups in total. The summed E-state index contributed by atoms with van der Waals surface area (Å²) >= 11 is 0. The van der Waals surface area contributed by atoms with E-state index in [1.807, 2.05) is 31.2 Å². The Bertz CT molecular complexity index is 732. The summed E-state index contributed by atoms with van der Waals surface area (Å²) in [5.74, 6) is -1.75. The quantitative estimate of drug-likeness (QED) is 0.804. The Kier molecular flexibility index (Phi) is 4.03. The van der Waals surface area contributed by atoms with Gasteiger partial charge in [0.1, 0.15) is 12.5 Å². The van der Waals surface area contributed by atoms with Crippen LogP contribution in [-0.2, 0) is 19.1 Å². The molecule has 5 nitrogen and oxygen atoms in total. The highest BCUT2D eigenvalue weighted by Gasteiger charge is 2.45. The molecular weight excluding hydrogens is 294 g/mol. The van der Waals surface area contributed by atoms with E-state index in [2.05, 4.69) is 4.99 Å². The summed E-state index contributed by atoms with van der Waals surface area (Å²) in [7, 11) is 0. The van der Waals surface area contributed by atoms with Gasteiger partial charge in [-0.25, -0.2) is 4.79 Å². The second-order valence-corrected chi connectivity index (χ2v) is 5.75. The van der Waals surface area contributed by atoms with Crippen molar-refractivity contribution in [3.05, 3.63) is 46.7 Å². The predicted octanol–water partition coefficient (Wildman–Crippen LogP) is 2.54. The van der Waals surface area contributed by atoms with Crippen LogP contribution in [0.4, 0.5) is 0 Å². The number of carbonyl (C=O) groups is 2. The van der Waals surface area contributed by atoms with Crippen LogP contribution in [0.1, 0.15) is 30.9 Å². The number of nitrogens with zero attached hydrogens (tertiary/aromatic N) is 1. The summed E-state index contributed by atoms with van der Waals surface area (Å²) in [6, 6.07) is 7.76. The highest BCUT2D eigenvalue weighted by molar-refractivity contribution is 6.07.